The number of halogens is 1. The van der Waals surface area contributed by atoms with Gasteiger partial charge in [-0.15, -0.1) is 24.0 Å². The van der Waals surface area contributed by atoms with Crippen molar-refractivity contribution >= 4 is 29.9 Å². The lowest BCUT2D eigenvalue weighted by atomic mass is 10.0. The average molecular weight is 403 g/mol. The molecule has 0 spiro atoms. The number of nitrogens with two attached hydrogens (primary N) is 2. The summed E-state index contributed by atoms with van der Waals surface area (Å²) in [5.74, 6) is 0.183. The second-order valence-corrected chi connectivity index (χ2v) is 5.38. The van der Waals surface area contributed by atoms with Crippen LogP contribution < -0.4 is 11.5 Å². The van der Waals surface area contributed by atoms with E-state index in [1.807, 2.05) is 0 Å². The number of piperazine rings is 1. The van der Waals surface area contributed by atoms with Crippen molar-refractivity contribution in [1.29, 1.82) is 0 Å². The number of rotatable bonds is 5. The Morgan fingerprint density at radius 3 is 2.62 bits per heavy atom. The topological polar surface area (TPSA) is 70.9 Å². The largest absolute Gasteiger partial charge is 0.370 e. The first kappa shape index (κ1) is 18.2. The third-order valence-electron chi connectivity index (χ3n) is 3.78. The SMILES string of the molecule is CN1CCN(CCCN=C(N)N)C(c2ccccc2)C1.I. The molecule has 6 heteroatoms. The molecular weight excluding hydrogens is 377 g/mol. The molecule has 21 heavy (non-hydrogen) atoms. The summed E-state index contributed by atoms with van der Waals surface area (Å²) in [6.07, 6.45) is 0.991. The molecule has 1 heterocycles. The molecule has 0 aliphatic carbocycles. The molecule has 0 bridgehead atoms. The maximum atomic E-state index is 5.36. The van der Waals surface area contributed by atoms with Crippen molar-refractivity contribution in [3.05, 3.63) is 35.9 Å². The lowest BCUT2D eigenvalue weighted by Gasteiger charge is -2.40. The molecule has 0 saturated carbocycles. The molecular formula is C15H26IN5. The molecule has 1 fully saturated rings. The van der Waals surface area contributed by atoms with Crippen LogP contribution in [0, 0.1) is 0 Å². The molecule has 0 amide bonds. The molecule has 4 N–H and O–H groups in total. The number of hydrogen-bond acceptors (Lipinski definition) is 3. The maximum Gasteiger partial charge on any atom is 0.185 e. The fourth-order valence-corrected chi connectivity index (χ4v) is 2.70. The molecule has 1 aliphatic rings. The van der Waals surface area contributed by atoms with Crippen LogP contribution in [-0.2, 0) is 0 Å². The quantitative estimate of drug-likeness (QED) is 0.336. The van der Waals surface area contributed by atoms with Crippen LogP contribution in [0.15, 0.2) is 35.3 Å². The molecule has 0 aromatic heterocycles. The van der Waals surface area contributed by atoms with E-state index in [1.54, 1.807) is 0 Å². The van der Waals surface area contributed by atoms with Gasteiger partial charge < -0.3 is 16.4 Å². The first-order valence-electron chi connectivity index (χ1n) is 7.20. The van der Waals surface area contributed by atoms with Gasteiger partial charge in [0.2, 0.25) is 0 Å². The van der Waals surface area contributed by atoms with E-state index in [0.29, 0.717) is 12.6 Å². The minimum absolute atomic E-state index is 0. The predicted molar refractivity (Wildman–Crippen MR) is 99.0 cm³/mol. The van der Waals surface area contributed by atoms with Crippen LogP contribution in [0.1, 0.15) is 18.0 Å². The molecule has 118 valence electrons. The highest BCUT2D eigenvalue weighted by Crippen LogP contribution is 2.24. The predicted octanol–water partition coefficient (Wildman–Crippen LogP) is 1.26. The zero-order chi connectivity index (χ0) is 14.4. The van der Waals surface area contributed by atoms with Crippen molar-refractivity contribution in [2.75, 3.05) is 39.8 Å². The van der Waals surface area contributed by atoms with Crippen molar-refractivity contribution in [3.63, 3.8) is 0 Å². The summed E-state index contributed by atoms with van der Waals surface area (Å²) >= 11 is 0. The first-order valence-corrected chi connectivity index (χ1v) is 7.20. The molecule has 1 aromatic rings. The lowest BCUT2D eigenvalue weighted by Crippen LogP contribution is -2.47. The van der Waals surface area contributed by atoms with Gasteiger partial charge in [-0.25, -0.2) is 0 Å². The van der Waals surface area contributed by atoms with Crippen LogP contribution in [0.5, 0.6) is 0 Å². The van der Waals surface area contributed by atoms with Crippen molar-refractivity contribution in [3.8, 4) is 0 Å². The van der Waals surface area contributed by atoms with Gasteiger partial charge in [0.25, 0.3) is 0 Å². The first-order chi connectivity index (χ1) is 9.66. The highest BCUT2D eigenvalue weighted by atomic mass is 127. The van der Waals surface area contributed by atoms with Gasteiger partial charge in [0.05, 0.1) is 0 Å². The Morgan fingerprint density at radius 2 is 1.95 bits per heavy atom. The van der Waals surface area contributed by atoms with E-state index in [9.17, 15) is 0 Å². The van der Waals surface area contributed by atoms with E-state index < -0.39 is 0 Å². The highest BCUT2D eigenvalue weighted by Gasteiger charge is 2.25. The monoisotopic (exact) mass is 403 g/mol. The number of likely N-dealkylation sites (N-methyl/N-ethyl adjacent to an activating group) is 1. The molecule has 1 atom stereocenters. The number of hydrogen-bond donors (Lipinski definition) is 2. The number of benzene rings is 1. The van der Waals surface area contributed by atoms with Crippen LogP contribution in [0.4, 0.5) is 0 Å². The summed E-state index contributed by atoms with van der Waals surface area (Å²) < 4.78 is 0. The average Bonchev–Trinajstić information content (AvgIpc) is 2.45. The second kappa shape index (κ2) is 9.22. The van der Waals surface area contributed by atoms with Crippen LogP contribution in [-0.4, -0.2) is 55.5 Å². The van der Waals surface area contributed by atoms with Crippen molar-refractivity contribution in [1.82, 2.24) is 9.80 Å². The van der Waals surface area contributed by atoms with Gasteiger partial charge in [0.1, 0.15) is 0 Å². The van der Waals surface area contributed by atoms with E-state index in [-0.39, 0.29) is 29.9 Å². The Balaban J connectivity index is 0.00000220. The Morgan fingerprint density at radius 1 is 1.24 bits per heavy atom. The third-order valence-corrected chi connectivity index (χ3v) is 3.78. The van der Waals surface area contributed by atoms with Gasteiger partial charge in [0, 0.05) is 38.8 Å². The Bertz CT molecular complexity index is 433. The van der Waals surface area contributed by atoms with Crippen LogP contribution in [0.2, 0.25) is 0 Å². The van der Waals surface area contributed by atoms with Gasteiger partial charge in [-0.3, -0.25) is 9.89 Å². The highest BCUT2D eigenvalue weighted by molar-refractivity contribution is 14.0. The smallest absolute Gasteiger partial charge is 0.185 e. The van der Waals surface area contributed by atoms with Crippen LogP contribution in [0.3, 0.4) is 0 Å². The fraction of sp³-hybridized carbons (Fsp3) is 0.533. The van der Waals surface area contributed by atoms with Crippen molar-refractivity contribution < 1.29 is 0 Å². The summed E-state index contributed by atoms with van der Waals surface area (Å²) in [6.45, 7) is 5.02. The summed E-state index contributed by atoms with van der Waals surface area (Å²) in [5.41, 5.74) is 12.1. The molecule has 1 unspecified atom stereocenters. The molecule has 5 nitrogen and oxygen atoms in total. The van der Waals surface area contributed by atoms with Gasteiger partial charge >= 0.3 is 0 Å². The molecule has 1 aliphatic heterocycles. The van der Waals surface area contributed by atoms with E-state index >= 15 is 0 Å². The Hall–Kier alpha value is -0.860. The summed E-state index contributed by atoms with van der Waals surface area (Å²) in [5, 5.41) is 0. The molecule has 0 radical (unpaired) electrons. The zero-order valence-corrected chi connectivity index (χ0v) is 14.9. The summed E-state index contributed by atoms with van der Waals surface area (Å²) in [7, 11) is 2.19. The maximum absolute atomic E-state index is 5.36. The number of aliphatic imine (C=N–C) groups is 1. The van der Waals surface area contributed by atoms with Gasteiger partial charge in [-0.05, 0) is 19.0 Å². The number of guanidine groups is 1. The van der Waals surface area contributed by atoms with E-state index in [4.69, 9.17) is 11.5 Å². The normalized spacial score (nSPS) is 19.8. The van der Waals surface area contributed by atoms with Gasteiger partial charge in [-0.1, -0.05) is 30.3 Å². The van der Waals surface area contributed by atoms with Crippen LogP contribution >= 0.6 is 24.0 Å². The van der Waals surface area contributed by atoms with Crippen molar-refractivity contribution in [2.45, 2.75) is 12.5 Å². The second-order valence-electron chi connectivity index (χ2n) is 5.38. The standard InChI is InChI=1S/C15H25N5.HI/c1-19-10-11-20(9-5-8-18-15(16)17)14(12-19)13-6-3-2-4-7-13;/h2-4,6-7,14H,5,8-12H2,1H3,(H4,16,17,18);1H. The molecule has 1 saturated heterocycles. The zero-order valence-electron chi connectivity index (χ0n) is 12.6. The third kappa shape index (κ3) is 5.80. The van der Waals surface area contributed by atoms with Gasteiger partial charge in [-0.2, -0.15) is 0 Å². The fourth-order valence-electron chi connectivity index (χ4n) is 2.70. The molecule has 2 rings (SSSR count). The number of nitrogens with zero attached hydrogens (tertiary/aromatic N) is 3. The van der Waals surface area contributed by atoms with Crippen molar-refractivity contribution in [2.24, 2.45) is 16.5 Å². The van der Waals surface area contributed by atoms with E-state index in [0.717, 1.165) is 32.6 Å². The Labute approximate surface area is 144 Å². The Kier molecular flexibility index (Phi) is 7.98. The van der Waals surface area contributed by atoms with Crippen LogP contribution in [0.25, 0.3) is 0 Å². The van der Waals surface area contributed by atoms with Gasteiger partial charge in [0.15, 0.2) is 5.96 Å². The van der Waals surface area contributed by atoms with E-state index in [2.05, 4.69) is 52.2 Å². The minimum Gasteiger partial charge on any atom is -0.370 e. The summed E-state index contributed by atoms with van der Waals surface area (Å²) in [4.78, 5) is 8.99. The summed E-state index contributed by atoms with van der Waals surface area (Å²) in [6, 6.07) is 11.2. The minimum atomic E-state index is 0. The molecule has 1 aromatic carbocycles. The van der Waals surface area contributed by atoms with E-state index in [1.165, 1.54) is 5.56 Å². The lowest BCUT2D eigenvalue weighted by molar-refractivity contribution is 0.0894.